The van der Waals surface area contributed by atoms with E-state index in [0.29, 0.717) is 19.7 Å². The smallest absolute Gasteiger partial charge is 0.407 e. The van der Waals surface area contributed by atoms with E-state index in [1.54, 1.807) is 0 Å². The minimum absolute atomic E-state index is 0. The number of carbonyl (C=O) groups is 1. The molecule has 9 heteroatoms. The molecule has 0 radical (unpaired) electrons. The lowest BCUT2D eigenvalue weighted by Crippen LogP contribution is -2.47. The second kappa shape index (κ2) is 15.1. The van der Waals surface area contributed by atoms with Gasteiger partial charge in [-0.15, -0.1) is 24.0 Å². The summed E-state index contributed by atoms with van der Waals surface area (Å²) in [6, 6.07) is 0. The van der Waals surface area contributed by atoms with Crippen LogP contribution in [-0.4, -0.2) is 79.7 Å². The van der Waals surface area contributed by atoms with Gasteiger partial charge in [-0.2, -0.15) is 0 Å². The monoisotopic (exact) mass is 528 g/mol. The third-order valence-electron chi connectivity index (χ3n) is 4.28. The maximum absolute atomic E-state index is 11.6. The summed E-state index contributed by atoms with van der Waals surface area (Å²) < 4.78 is 11.2. The van der Waals surface area contributed by atoms with Crippen molar-refractivity contribution in [1.82, 2.24) is 15.5 Å². The summed E-state index contributed by atoms with van der Waals surface area (Å²) in [5, 5.41) is 15.3. The number of guanidine groups is 1. The molecule has 1 heterocycles. The Morgan fingerprint density at radius 1 is 1.28 bits per heavy atom. The minimum Gasteiger partial charge on any atom is -0.444 e. The van der Waals surface area contributed by atoms with Gasteiger partial charge in [0.2, 0.25) is 0 Å². The van der Waals surface area contributed by atoms with E-state index in [9.17, 15) is 9.90 Å². The van der Waals surface area contributed by atoms with Crippen LogP contribution in [0, 0.1) is 5.92 Å². The normalized spacial score (nSPS) is 16.8. The van der Waals surface area contributed by atoms with Crippen molar-refractivity contribution in [1.29, 1.82) is 0 Å². The van der Waals surface area contributed by atoms with Crippen LogP contribution in [0.3, 0.4) is 0 Å². The largest absolute Gasteiger partial charge is 0.444 e. The van der Waals surface area contributed by atoms with Crippen LogP contribution in [0.1, 0.15) is 53.9 Å². The number of ether oxygens (including phenoxy) is 2. The highest BCUT2D eigenvalue weighted by atomic mass is 127. The number of halogens is 1. The molecule has 1 aliphatic heterocycles. The molecule has 0 spiro atoms. The van der Waals surface area contributed by atoms with Gasteiger partial charge >= 0.3 is 6.09 Å². The standard InChI is InChI=1S/C20H40N4O4.HI/c1-6-21-18(23-14-16(2)15-25)24-11-8-17(9-12-24)27-13-7-10-22-19(26)28-20(3,4)5;/h16-17,25H,6-15H2,1-5H3,(H,21,23)(H,22,26);1H. The van der Waals surface area contributed by atoms with Crippen LogP contribution in [0.5, 0.6) is 0 Å². The van der Waals surface area contributed by atoms with E-state index in [0.717, 1.165) is 44.9 Å². The first-order valence-electron chi connectivity index (χ1n) is 10.5. The van der Waals surface area contributed by atoms with Gasteiger partial charge in [0.25, 0.3) is 0 Å². The van der Waals surface area contributed by atoms with Gasteiger partial charge in [-0.05, 0) is 52.9 Å². The number of nitrogens with one attached hydrogen (secondary N) is 2. The summed E-state index contributed by atoms with van der Waals surface area (Å²) in [5.41, 5.74) is -0.473. The van der Waals surface area contributed by atoms with Crippen molar-refractivity contribution in [3.05, 3.63) is 0 Å². The van der Waals surface area contributed by atoms with Crippen molar-refractivity contribution < 1.29 is 19.4 Å². The molecule has 0 aromatic heterocycles. The topological polar surface area (TPSA) is 95.4 Å². The first-order chi connectivity index (χ1) is 13.2. The summed E-state index contributed by atoms with van der Waals surface area (Å²) in [6.45, 7) is 14.2. The molecule has 0 aliphatic carbocycles. The molecule has 1 aliphatic rings. The lowest BCUT2D eigenvalue weighted by molar-refractivity contribution is 0.0170. The number of aliphatic hydroxyl groups is 1. The highest BCUT2D eigenvalue weighted by Crippen LogP contribution is 2.14. The van der Waals surface area contributed by atoms with Gasteiger partial charge in [0.05, 0.1) is 6.10 Å². The summed E-state index contributed by atoms with van der Waals surface area (Å²) in [5.74, 6) is 1.09. The number of aliphatic hydroxyl groups excluding tert-OH is 1. The molecule has 1 saturated heterocycles. The van der Waals surface area contributed by atoms with Gasteiger partial charge in [-0.1, -0.05) is 6.92 Å². The zero-order valence-electron chi connectivity index (χ0n) is 18.7. The first kappa shape index (κ1) is 28.2. The molecule has 1 fully saturated rings. The van der Waals surface area contributed by atoms with Gasteiger partial charge in [0.15, 0.2) is 5.96 Å². The number of hydrogen-bond acceptors (Lipinski definition) is 5. The van der Waals surface area contributed by atoms with Crippen LogP contribution in [-0.2, 0) is 9.47 Å². The highest BCUT2D eigenvalue weighted by molar-refractivity contribution is 14.0. The molecular formula is C20H41IN4O4. The lowest BCUT2D eigenvalue weighted by atomic mass is 10.1. The van der Waals surface area contributed by atoms with E-state index in [4.69, 9.17) is 9.47 Å². The van der Waals surface area contributed by atoms with Crippen LogP contribution >= 0.6 is 24.0 Å². The fraction of sp³-hybridized carbons (Fsp3) is 0.900. The molecule has 1 amide bonds. The number of hydrogen-bond donors (Lipinski definition) is 3. The Hall–Kier alpha value is -0.810. The number of carbonyl (C=O) groups excluding carboxylic acids is 1. The van der Waals surface area contributed by atoms with E-state index in [2.05, 4.69) is 27.4 Å². The molecule has 1 atom stereocenters. The fourth-order valence-electron chi connectivity index (χ4n) is 2.79. The van der Waals surface area contributed by atoms with Crippen LogP contribution in [0.25, 0.3) is 0 Å². The molecule has 1 rings (SSSR count). The Kier molecular flexibility index (Phi) is 14.6. The van der Waals surface area contributed by atoms with Gasteiger partial charge in [0.1, 0.15) is 5.60 Å². The van der Waals surface area contributed by atoms with Crippen LogP contribution in [0.2, 0.25) is 0 Å². The average molecular weight is 528 g/mol. The summed E-state index contributed by atoms with van der Waals surface area (Å²) >= 11 is 0. The fourth-order valence-corrected chi connectivity index (χ4v) is 2.79. The number of piperidine rings is 1. The van der Waals surface area contributed by atoms with Gasteiger partial charge in [-0.25, -0.2) is 4.79 Å². The Balaban J connectivity index is 0.00000784. The molecule has 0 saturated carbocycles. The van der Waals surface area contributed by atoms with E-state index >= 15 is 0 Å². The molecule has 0 aromatic carbocycles. The Labute approximate surface area is 193 Å². The van der Waals surface area contributed by atoms with Crippen molar-refractivity contribution in [2.75, 3.05) is 45.9 Å². The zero-order valence-corrected chi connectivity index (χ0v) is 21.0. The average Bonchev–Trinajstić information content (AvgIpc) is 2.63. The molecular weight excluding hydrogens is 487 g/mol. The maximum atomic E-state index is 11.6. The minimum atomic E-state index is -0.473. The zero-order chi connectivity index (χ0) is 21.0. The number of alkyl carbamates (subject to hydrolysis) is 1. The van der Waals surface area contributed by atoms with Gasteiger partial charge in [-0.3, -0.25) is 4.99 Å². The van der Waals surface area contributed by atoms with Crippen LogP contribution in [0.15, 0.2) is 4.99 Å². The number of rotatable bonds is 9. The molecule has 0 aromatic rings. The van der Waals surface area contributed by atoms with Crippen LogP contribution < -0.4 is 10.6 Å². The SMILES string of the molecule is CCNC(=NCC(C)CO)N1CCC(OCCCNC(=O)OC(C)(C)C)CC1.I. The van der Waals surface area contributed by atoms with Crippen molar-refractivity contribution in [3.63, 3.8) is 0 Å². The third-order valence-corrected chi connectivity index (χ3v) is 4.28. The Morgan fingerprint density at radius 3 is 2.48 bits per heavy atom. The molecule has 3 N–H and O–H groups in total. The highest BCUT2D eigenvalue weighted by Gasteiger charge is 2.22. The van der Waals surface area contributed by atoms with E-state index in [1.165, 1.54) is 0 Å². The van der Waals surface area contributed by atoms with E-state index < -0.39 is 5.60 Å². The Morgan fingerprint density at radius 2 is 1.93 bits per heavy atom. The molecule has 1 unspecified atom stereocenters. The summed E-state index contributed by atoms with van der Waals surface area (Å²) in [7, 11) is 0. The number of amides is 1. The van der Waals surface area contributed by atoms with Crippen LogP contribution in [0.4, 0.5) is 4.79 Å². The van der Waals surface area contributed by atoms with Crippen molar-refractivity contribution in [2.45, 2.75) is 65.6 Å². The van der Waals surface area contributed by atoms with E-state index in [-0.39, 0.29) is 48.7 Å². The van der Waals surface area contributed by atoms with Crippen molar-refractivity contribution >= 4 is 36.0 Å². The quantitative estimate of drug-likeness (QED) is 0.184. The van der Waals surface area contributed by atoms with Gasteiger partial charge in [0, 0.05) is 45.9 Å². The van der Waals surface area contributed by atoms with Gasteiger partial charge < -0.3 is 30.1 Å². The molecule has 8 nitrogen and oxygen atoms in total. The molecule has 29 heavy (non-hydrogen) atoms. The van der Waals surface area contributed by atoms with Crippen molar-refractivity contribution in [3.8, 4) is 0 Å². The third kappa shape index (κ3) is 13.2. The number of likely N-dealkylation sites (tertiary alicyclic amines) is 1. The number of aliphatic imine (C=N–C) groups is 1. The molecule has 0 bridgehead atoms. The Bertz CT molecular complexity index is 478. The lowest BCUT2D eigenvalue weighted by Gasteiger charge is -2.34. The maximum Gasteiger partial charge on any atom is 0.407 e. The predicted octanol–water partition coefficient (Wildman–Crippen LogP) is 2.59. The second-order valence-corrected chi connectivity index (χ2v) is 8.32. The predicted molar refractivity (Wildman–Crippen MR) is 127 cm³/mol. The molecule has 172 valence electrons. The summed E-state index contributed by atoms with van der Waals surface area (Å²) in [4.78, 5) is 18.5. The van der Waals surface area contributed by atoms with Crippen molar-refractivity contribution in [2.24, 2.45) is 10.9 Å². The first-order valence-corrected chi connectivity index (χ1v) is 10.5. The summed E-state index contributed by atoms with van der Waals surface area (Å²) in [6.07, 6.45) is 2.55. The second-order valence-electron chi connectivity index (χ2n) is 8.32. The number of nitrogens with zero attached hydrogens (tertiary/aromatic N) is 2. The van der Waals surface area contributed by atoms with E-state index in [1.807, 2.05) is 27.7 Å².